The lowest BCUT2D eigenvalue weighted by Gasteiger charge is -1.85. The van der Waals surface area contributed by atoms with E-state index in [0.717, 1.165) is 0 Å². The van der Waals surface area contributed by atoms with Crippen LogP contribution in [0.2, 0.25) is 0 Å². The smallest absolute Gasteiger partial charge is 0.0398 e. The monoisotopic (exact) mass is 162 g/mol. The van der Waals surface area contributed by atoms with Crippen LogP contribution < -0.4 is 0 Å². The lowest BCUT2D eigenvalue weighted by atomic mass is 10.2. The highest BCUT2D eigenvalue weighted by Gasteiger charge is 1.74. The van der Waals surface area contributed by atoms with Crippen molar-refractivity contribution in [3.63, 3.8) is 0 Å². The molecule has 0 aliphatic heterocycles. The summed E-state index contributed by atoms with van der Waals surface area (Å²) in [6, 6.07) is 0. The van der Waals surface area contributed by atoms with Crippen LogP contribution in [0.25, 0.3) is 0 Å². The first kappa shape index (κ1) is 11.0. The van der Waals surface area contributed by atoms with Crippen LogP contribution in [-0.2, 0) is 0 Å². The molecule has 0 aromatic rings. The second-order valence-electron chi connectivity index (χ2n) is 3.04. The molecule has 0 radical (unpaired) electrons. The van der Waals surface area contributed by atoms with Crippen molar-refractivity contribution in [2.24, 2.45) is 0 Å². The number of allylic oxidation sites excluding steroid dienone is 8. The van der Waals surface area contributed by atoms with Gasteiger partial charge in [-0.25, -0.2) is 0 Å². The third-order valence-corrected chi connectivity index (χ3v) is 1.33. The zero-order valence-electron chi connectivity index (χ0n) is 8.46. The first-order chi connectivity index (χ1) is 5.66. The summed E-state index contributed by atoms with van der Waals surface area (Å²) < 4.78 is 0. The molecule has 0 N–H and O–H groups in total. The zero-order valence-corrected chi connectivity index (χ0v) is 8.46. The number of hydrogen-bond donors (Lipinski definition) is 0. The minimum Gasteiger partial charge on any atom is -0.0874 e. The Hall–Kier alpha value is -1.04. The Balaban J connectivity index is 4.03. The van der Waals surface area contributed by atoms with Gasteiger partial charge >= 0.3 is 0 Å². The highest BCUT2D eigenvalue weighted by molar-refractivity contribution is 5.23. The molecule has 0 heterocycles. The average molecular weight is 162 g/mol. The van der Waals surface area contributed by atoms with E-state index in [0.29, 0.717) is 0 Å². The summed E-state index contributed by atoms with van der Waals surface area (Å²) in [6.45, 7) is 8.30. The summed E-state index contributed by atoms with van der Waals surface area (Å²) in [7, 11) is 0. The van der Waals surface area contributed by atoms with Crippen LogP contribution in [0.1, 0.15) is 27.7 Å². The molecule has 0 unspecified atom stereocenters. The molecule has 0 nitrogen and oxygen atoms in total. The maximum absolute atomic E-state index is 2.10. The molecule has 0 saturated heterocycles. The lowest BCUT2D eigenvalue weighted by molar-refractivity contribution is 1.39. The summed E-state index contributed by atoms with van der Waals surface area (Å²) in [4.78, 5) is 0. The fourth-order valence-corrected chi connectivity index (χ4v) is 0.774. The first-order valence-electron chi connectivity index (χ1n) is 4.28. The molecule has 0 amide bonds. The van der Waals surface area contributed by atoms with E-state index in [-0.39, 0.29) is 0 Å². The van der Waals surface area contributed by atoms with Gasteiger partial charge in [-0.05, 0) is 27.7 Å². The standard InChI is InChI=1S/C12H18/c1-5-8-12(4)10-7-6-9-11(2)3/h5-10H,1-4H3/b7-6-,8-5+,12-10+. The first-order valence-corrected chi connectivity index (χ1v) is 4.28. The summed E-state index contributed by atoms with van der Waals surface area (Å²) in [6.07, 6.45) is 12.4. The Morgan fingerprint density at radius 1 is 0.917 bits per heavy atom. The van der Waals surface area contributed by atoms with Crippen LogP contribution in [-0.4, -0.2) is 0 Å². The minimum atomic E-state index is 1.27. The molecule has 0 aromatic carbocycles. The van der Waals surface area contributed by atoms with Gasteiger partial charge in [-0.1, -0.05) is 47.6 Å². The van der Waals surface area contributed by atoms with Crippen molar-refractivity contribution in [2.45, 2.75) is 27.7 Å². The van der Waals surface area contributed by atoms with Crippen molar-refractivity contribution in [1.29, 1.82) is 0 Å². The van der Waals surface area contributed by atoms with Crippen molar-refractivity contribution in [3.05, 3.63) is 47.6 Å². The molecule has 66 valence electrons. The van der Waals surface area contributed by atoms with Gasteiger partial charge in [0.2, 0.25) is 0 Å². The second-order valence-corrected chi connectivity index (χ2v) is 3.04. The van der Waals surface area contributed by atoms with E-state index in [4.69, 9.17) is 0 Å². The molecule has 0 aliphatic rings. The van der Waals surface area contributed by atoms with E-state index in [1.807, 2.05) is 13.0 Å². The largest absolute Gasteiger partial charge is 0.0874 e. The third kappa shape index (κ3) is 7.07. The zero-order chi connectivity index (χ0) is 9.40. The van der Waals surface area contributed by atoms with Crippen LogP contribution in [0.15, 0.2) is 47.6 Å². The fourth-order valence-electron chi connectivity index (χ4n) is 0.774. The summed E-state index contributed by atoms with van der Waals surface area (Å²) in [5.74, 6) is 0. The maximum atomic E-state index is 2.10. The van der Waals surface area contributed by atoms with E-state index >= 15 is 0 Å². The van der Waals surface area contributed by atoms with Crippen LogP contribution in [0, 0.1) is 0 Å². The van der Waals surface area contributed by atoms with Crippen molar-refractivity contribution in [2.75, 3.05) is 0 Å². The van der Waals surface area contributed by atoms with Gasteiger partial charge in [-0.2, -0.15) is 0 Å². The highest BCUT2D eigenvalue weighted by atomic mass is 13.8. The molecule has 0 atom stereocenters. The van der Waals surface area contributed by atoms with Gasteiger partial charge in [0.1, 0.15) is 0 Å². The van der Waals surface area contributed by atoms with Crippen LogP contribution in [0.5, 0.6) is 0 Å². The summed E-state index contributed by atoms with van der Waals surface area (Å²) >= 11 is 0. The topological polar surface area (TPSA) is 0 Å². The van der Waals surface area contributed by atoms with E-state index in [2.05, 4.69) is 51.2 Å². The maximum Gasteiger partial charge on any atom is -0.0398 e. The molecule has 12 heavy (non-hydrogen) atoms. The molecule has 0 aliphatic carbocycles. The van der Waals surface area contributed by atoms with Crippen LogP contribution in [0.3, 0.4) is 0 Å². The van der Waals surface area contributed by atoms with Gasteiger partial charge in [0.25, 0.3) is 0 Å². The van der Waals surface area contributed by atoms with Crippen molar-refractivity contribution in [1.82, 2.24) is 0 Å². The molecule has 0 saturated carbocycles. The summed E-state index contributed by atoms with van der Waals surface area (Å²) in [5.41, 5.74) is 2.60. The SMILES string of the molecule is C/C=C/C(C)=C/C=C\C=C(C)C. The lowest BCUT2D eigenvalue weighted by Crippen LogP contribution is -1.64. The Morgan fingerprint density at radius 3 is 2.00 bits per heavy atom. The molecule has 0 aromatic heterocycles. The Morgan fingerprint density at radius 2 is 1.50 bits per heavy atom. The number of rotatable bonds is 3. The van der Waals surface area contributed by atoms with Gasteiger partial charge in [0.05, 0.1) is 0 Å². The average Bonchev–Trinajstić information content (AvgIpc) is 1.98. The van der Waals surface area contributed by atoms with Crippen LogP contribution >= 0.6 is 0 Å². The minimum absolute atomic E-state index is 1.27. The van der Waals surface area contributed by atoms with Crippen molar-refractivity contribution >= 4 is 0 Å². The normalized spacial score (nSPS) is 12.8. The van der Waals surface area contributed by atoms with Gasteiger partial charge in [-0.15, -0.1) is 0 Å². The van der Waals surface area contributed by atoms with Crippen molar-refractivity contribution in [3.8, 4) is 0 Å². The van der Waals surface area contributed by atoms with E-state index < -0.39 is 0 Å². The molecular formula is C12H18. The second kappa shape index (κ2) is 6.66. The molecule has 0 fully saturated rings. The Labute approximate surface area is 76.0 Å². The molecule has 0 rings (SSSR count). The highest BCUT2D eigenvalue weighted by Crippen LogP contribution is 1.96. The Kier molecular flexibility index (Phi) is 6.08. The van der Waals surface area contributed by atoms with E-state index in [1.165, 1.54) is 11.1 Å². The van der Waals surface area contributed by atoms with Crippen molar-refractivity contribution < 1.29 is 0 Å². The van der Waals surface area contributed by atoms with E-state index in [1.54, 1.807) is 0 Å². The third-order valence-electron chi connectivity index (χ3n) is 1.33. The van der Waals surface area contributed by atoms with E-state index in [9.17, 15) is 0 Å². The molecule has 0 bridgehead atoms. The molecule has 0 spiro atoms. The van der Waals surface area contributed by atoms with Gasteiger partial charge in [0, 0.05) is 0 Å². The predicted octanol–water partition coefficient (Wildman–Crippen LogP) is 4.03. The summed E-state index contributed by atoms with van der Waals surface area (Å²) in [5, 5.41) is 0. The van der Waals surface area contributed by atoms with Crippen LogP contribution in [0.4, 0.5) is 0 Å². The number of hydrogen-bond acceptors (Lipinski definition) is 0. The molecular weight excluding hydrogens is 144 g/mol. The van der Waals surface area contributed by atoms with Gasteiger partial charge in [0.15, 0.2) is 0 Å². The quantitative estimate of drug-likeness (QED) is 0.549. The van der Waals surface area contributed by atoms with Gasteiger partial charge in [-0.3, -0.25) is 0 Å². The van der Waals surface area contributed by atoms with Gasteiger partial charge < -0.3 is 0 Å². The fraction of sp³-hybridized carbons (Fsp3) is 0.333. The predicted molar refractivity (Wildman–Crippen MR) is 57.1 cm³/mol. The molecule has 0 heteroatoms. The Bertz CT molecular complexity index is 220.